The van der Waals surface area contributed by atoms with Gasteiger partial charge in [-0.15, -0.1) is 10.2 Å². The lowest BCUT2D eigenvalue weighted by atomic mass is 9.89. The van der Waals surface area contributed by atoms with Gasteiger partial charge in [-0.1, -0.05) is 51.0 Å². The van der Waals surface area contributed by atoms with Crippen LogP contribution in [0.2, 0.25) is 0 Å². The van der Waals surface area contributed by atoms with Gasteiger partial charge in [0.25, 0.3) is 11.8 Å². The Bertz CT molecular complexity index is 1390. The molecule has 0 aliphatic carbocycles. The molecule has 0 saturated heterocycles. The van der Waals surface area contributed by atoms with Gasteiger partial charge in [0.2, 0.25) is 0 Å². The monoisotopic (exact) mass is 498 g/mol. The standard InChI is InChI=1S/C29H34N6O2/c1-4-6-14-32-25-13-12-22-26-23(25)16-21(17-24(26)29(37)35(28(22)36)15-7-5-2)19-8-10-20(11-9-19)27(31)34-33-18(3)30/h8-13,16-17,32H,4-7,14-15H2,1-3H3,(H2,30,33)(H2,31,34). The van der Waals surface area contributed by atoms with Crippen molar-refractivity contribution in [2.75, 3.05) is 18.4 Å². The number of amidine groups is 2. The molecule has 3 aromatic carbocycles. The molecule has 1 aliphatic rings. The van der Waals surface area contributed by atoms with E-state index >= 15 is 0 Å². The summed E-state index contributed by atoms with van der Waals surface area (Å²) >= 11 is 0. The maximum absolute atomic E-state index is 13.6. The van der Waals surface area contributed by atoms with E-state index in [-0.39, 0.29) is 17.6 Å². The second-order valence-corrected chi connectivity index (χ2v) is 9.31. The van der Waals surface area contributed by atoms with E-state index in [1.165, 1.54) is 4.90 Å². The number of amides is 2. The van der Waals surface area contributed by atoms with Crippen molar-refractivity contribution in [3.8, 4) is 11.1 Å². The van der Waals surface area contributed by atoms with Crippen molar-refractivity contribution in [3.63, 3.8) is 0 Å². The fraction of sp³-hybridized carbons (Fsp3) is 0.310. The summed E-state index contributed by atoms with van der Waals surface area (Å²) in [5, 5.41) is 12.9. The Hall–Kier alpha value is -4.20. The Labute approximate surface area is 217 Å². The van der Waals surface area contributed by atoms with E-state index in [1.54, 1.807) is 6.92 Å². The van der Waals surface area contributed by atoms with Gasteiger partial charge in [-0.25, -0.2) is 0 Å². The number of rotatable bonds is 10. The summed E-state index contributed by atoms with van der Waals surface area (Å²) in [5.74, 6) is 0.116. The molecule has 0 radical (unpaired) electrons. The SMILES string of the molecule is CCCCNc1ccc2c3c(cc(-c4ccc(/C(N)=N/N=C(/C)N)cc4)cc13)C(=O)N(CCCC)C2=O. The van der Waals surface area contributed by atoms with Crippen LogP contribution >= 0.6 is 0 Å². The molecule has 0 unspecified atom stereocenters. The van der Waals surface area contributed by atoms with Crippen LogP contribution in [0.5, 0.6) is 0 Å². The highest BCUT2D eigenvalue weighted by molar-refractivity contribution is 6.27. The Kier molecular flexibility index (Phi) is 7.86. The van der Waals surface area contributed by atoms with Crippen molar-refractivity contribution in [3.05, 3.63) is 65.2 Å². The lowest BCUT2D eigenvalue weighted by molar-refractivity contribution is 0.0608. The molecule has 0 aromatic heterocycles. The fourth-order valence-electron chi connectivity index (χ4n) is 4.48. The van der Waals surface area contributed by atoms with Crippen LogP contribution in [-0.2, 0) is 0 Å². The van der Waals surface area contributed by atoms with Crippen LogP contribution in [0.15, 0.2) is 58.7 Å². The average molecular weight is 499 g/mol. The third-order valence-corrected chi connectivity index (χ3v) is 6.48. The van der Waals surface area contributed by atoms with Crippen molar-refractivity contribution < 1.29 is 9.59 Å². The molecule has 192 valence electrons. The number of carbonyl (C=O) groups is 2. The lowest BCUT2D eigenvalue weighted by Gasteiger charge is -2.28. The van der Waals surface area contributed by atoms with Crippen molar-refractivity contribution in [1.82, 2.24) is 4.90 Å². The zero-order valence-electron chi connectivity index (χ0n) is 21.7. The number of anilines is 1. The van der Waals surface area contributed by atoms with Crippen molar-refractivity contribution >= 4 is 39.9 Å². The first-order chi connectivity index (χ1) is 17.8. The molecule has 5 N–H and O–H groups in total. The van der Waals surface area contributed by atoms with Crippen LogP contribution in [0.1, 0.15) is 72.7 Å². The first-order valence-corrected chi connectivity index (χ1v) is 12.8. The molecule has 2 amide bonds. The van der Waals surface area contributed by atoms with Gasteiger partial charge in [0, 0.05) is 46.2 Å². The maximum atomic E-state index is 13.6. The van der Waals surface area contributed by atoms with Crippen LogP contribution in [0, 0.1) is 0 Å². The van der Waals surface area contributed by atoms with Crippen LogP contribution in [0.4, 0.5) is 5.69 Å². The van der Waals surface area contributed by atoms with E-state index in [9.17, 15) is 9.59 Å². The van der Waals surface area contributed by atoms with Gasteiger partial charge >= 0.3 is 0 Å². The van der Waals surface area contributed by atoms with Gasteiger partial charge in [0.05, 0.1) is 0 Å². The quantitative estimate of drug-likeness (QED) is 0.118. The molecule has 3 aromatic rings. The molecule has 4 rings (SSSR count). The van der Waals surface area contributed by atoms with Crippen molar-refractivity contribution in [1.29, 1.82) is 0 Å². The molecule has 37 heavy (non-hydrogen) atoms. The first-order valence-electron chi connectivity index (χ1n) is 12.8. The van der Waals surface area contributed by atoms with E-state index in [1.807, 2.05) is 55.5 Å². The smallest absolute Gasteiger partial charge is 0.261 e. The van der Waals surface area contributed by atoms with Crippen LogP contribution in [-0.4, -0.2) is 41.5 Å². The number of carbonyl (C=O) groups excluding carboxylic acids is 2. The molecule has 0 spiro atoms. The summed E-state index contributed by atoms with van der Waals surface area (Å²) in [7, 11) is 0. The summed E-state index contributed by atoms with van der Waals surface area (Å²) in [6.45, 7) is 7.05. The predicted molar refractivity (Wildman–Crippen MR) is 151 cm³/mol. The van der Waals surface area contributed by atoms with E-state index in [4.69, 9.17) is 11.5 Å². The summed E-state index contributed by atoms with van der Waals surface area (Å²) < 4.78 is 0. The highest BCUT2D eigenvalue weighted by Crippen LogP contribution is 2.38. The molecule has 1 heterocycles. The van der Waals surface area contributed by atoms with E-state index in [0.29, 0.717) is 29.1 Å². The average Bonchev–Trinajstić information content (AvgIpc) is 2.90. The first kappa shape index (κ1) is 25.9. The fourth-order valence-corrected chi connectivity index (χ4v) is 4.48. The lowest BCUT2D eigenvalue weighted by Crippen LogP contribution is -2.40. The number of hydrogen-bond acceptors (Lipinski definition) is 5. The number of imide groups is 1. The van der Waals surface area contributed by atoms with Crippen molar-refractivity contribution in [2.24, 2.45) is 21.7 Å². The predicted octanol–water partition coefficient (Wildman–Crippen LogP) is 5.11. The van der Waals surface area contributed by atoms with E-state index < -0.39 is 0 Å². The Morgan fingerprint density at radius 3 is 2.24 bits per heavy atom. The molecule has 8 heteroatoms. The molecular weight excluding hydrogens is 464 g/mol. The highest BCUT2D eigenvalue weighted by Gasteiger charge is 2.33. The highest BCUT2D eigenvalue weighted by atomic mass is 16.2. The topological polar surface area (TPSA) is 126 Å². The number of nitrogens with two attached hydrogens (primary N) is 2. The van der Waals surface area contributed by atoms with Crippen molar-refractivity contribution in [2.45, 2.75) is 46.5 Å². The zero-order valence-corrected chi connectivity index (χ0v) is 21.7. The summed E-state index contributed by atoms with van der Waals surface area (Å²) in [4.78, 5) is 28.2. The third-order valence-electron chi connectivity index (χ3n) is 6.48. The second kappa shape index (κ2) is 11.2. The molecular formula is C29H34N6O2. The molecule has 1 aliphatic heterocycles. The van der Waals surface area contributed by atoms with E-state index in [0.717, 1.165) is 59.8 Å². The third kappa shape index (κ3) is 5.33. The van der Waals surface area contributed by atoms with Crippen LogP contribution in [0.3, 0.4) is 0 Å². The van der Waals surface area contributed by atoms with Gasteiger partial charge in [0.15, 0.2) is 5.84 Å². The summed E-state index contributed by atoms with van der Waals surface area (Å²) in [6.07, 6.45) is 3.76. The van der Waals surface area contributed by atoms with Gasteiger partial charge < -0.3 is 16.8 Å². The molecule has 0 fully saturated rings. The molecule has 0 saturated carbocycles. The van der Waals surface area contributed by atoms with Gasteiger partial charge in [-0.05, 0) is 55.2 Å². The van der Waals surface area contributed by atoms with Gasteiger partial charge in [0.1, 0.15) is 5.84 Å². The van der Waals surface area contributed by atoms with E-state index in [2.05, 4.69) is 22.4 Å². The Morgan fingerprint density at radius 1 is 0.865 bits per heavy atom. The zero-order chi connectivity index (χ0) is 26.5. The Morgan fingerprint density at radius 2 is 1.57 bits per heavy atom. The van der Waals surface area contributed by atoms with Crippen LogP contribution in [0.25, 0.3) is 21.9 Å². The van der Waals surface area contributed by atoms with Gasteiger partial charge in [-0.2, -0.15) is 0 Å². The number of nitrogens with zero attached hydrogens (tertiary/aromatic N) is 3. The largest absolute Gasteiger partial charge is 0.386 e. The van der Waals surface area contributed by atoms with Crippen LogP contribution < -0.4 is 16.8 Å². The minimum Gasteiger partial charge on any atom is -0.386 e. The number of hydrogen-bond donors (Lipinski definition) is 3. The number of unbranched alkanes of at least 4 members (excludes halogenated alkanes) is 2. The molecule has 0 bridgehead atoms. The summed E-state index contributed by atoms with van der Waals surface area (Å²) in [6, 6.07) is 15.3. The Balaban J connectivity index is 1.83. The molecule has 8 nitrogen and oxygen atoms in total. The number of benzene rings is 3. The second-order valence-electron chi connectivity index (χ2n) is 9.31. The van der Waals surface area contributed by atoms with Gasteiger partial charge in [-0.3, -0.25) is 14.5 Å². The number of nitrogens with one attached hydrogen (secondary N) is 1. The summed E-state index contributed by atoms with van der Waals surface area (Å²) in [5.41, 5.74) is 16.1. The minimum absolute atomic E-state index is 0.224. The molecule has 0 atom stereocenters. The maximum Gasteiger partial charge on any atom is 0.261 e. The normalized spacial score (nSPS) is 14.0. The minimum atomic E-state index is -0.244.